The first-order valence-corrected chi connectivity index (χ1v) is 8.46. The van der Waals surface area contributed by atoms with Gasteiger partial charge in [-0.3, -0.25) is 4.98 Å². The van der Waals surface area contributed by atoms with Gasteiger partial charge in [0.2, 0.25) is 0 Å². The zero-order valence-corrected chi connectivity index (χ0v) is 14.4. The van der Waals surface area contributed by atoms with E-state index in [1.54, 1.807) is 23.0 Å². The predicted molar refractivity (Wildman–Crippen MR) is 100 cm³/mol. The maximum atomic E-state index is 12.5. The molecule has 0 saturated carbocycles. The van der Waals surface area contributed by atoms with E-state index in [1.807, 2.05) is 66.7 Å². The highest BCUT2D eigenvalue weighted by Gasteiger charge is 2.20. The Bertz CT molecular complexity index is 975. The van der Waals surface area contributed by atoms with Crippen LogP contribution in [0.25, 0.3) is 17.1 Å². The number of benzene rings is 2. The van der Waals surface area contributed by atoms with Gasteiger partial charge in [-0.05, 0) is 24.3 Å². The molecule has 2 aromatic carbocycles. The minimum Gasteiger partial charge on any atom is -0.453 e. The summed E-state index contributed by atoms with van der Waals surface area (Å²) < 4.78 is 6.96. The Hall–Kier alpha value is -3.80. The largest absolute Gasteiger partial charge is 0.453 e. The van der Waals surface area contributed by atoms with Crippen LogP contribution in [0.5, 0.6) is 0 Å². The molecule has 0 saturated heterocycles. The minimum absolute atomic E-state index is 0.00800. The number of hydrogen-bond donors (Lipinski definition) is 0. The van der Waals surface area contributed by atoms with Crippen LogP contribution in [-0.4, -0.2) is 25.7 Å². The lowest BCUT2D eigenvalue weighted by Crippen LogP contribution is -2.09. The van der Waals surface area contributed by atoms with Gasteiger partial charge in [0, 0.05) is 11.8 Å². The van der Waals surface area contributed by atoms with E-state index in [2.05, 4.69) is 15.1 Å². The highest BCUT2D eigenvalue weighted by Crippen LogP contribution is 2.21. The van der Waals surface area contributed by atoms with E-state index in [4.69, 9.17) is 4.74 Å². The average Bonchev–Trinajstić information content (AvgIpc) is 3.20. The molecule has 6 nitrogen and oxygen atoms in total. The Morgan fingerprint density at radius 1 is 0.889 bits per heavy atom. The predicted octanol–water partition coefficient (Wildman–Crippen LogP) is 3.69. The van der Waals surface area contributed by atoms with E-state index in [9.17, 15) is 4.79 Å². The first-order valence-electron chi connectivity index (χ1n) is 8.46. The fourth-order valence-electron chi connectivity index (χ4n) is 2.61. The molecule has 0 bridgehead atoms. The second-order valence-corrected chi connectivity index (χ2v) is 5.77. The molecule has 0 spiro atoms. The normalized spacial score (nSPS) is 10.5. The van der Waals surface area contributed by atoms with E-state index in [0.717, 1.165) is 11.3 Å². The Morgan fingerprint density at radius 2 is 1.59 bits per heavy atom. The molecule has 0 aliphatic rings. The fourth-order valence-corrected chi connectivity index (χ4v) is 2.61. The molecule has 0 aliphatic carbocycles. The highest BCUT2D eigenvalue weighted by molar-refractivity contribution is 5.86. The molecule has 0 fully saturated rings. The summed E-state index contributed by atoms with van der Waals surface area (Å²) in [6, 6.07) is 24.6. The van der Waals surface area contributed by atoms with Gasteiger partial charge in [-0.2, -0.15) is 0 Å². The summed E-state index contributed by atoms with van der Waals surface area (Å²) >= 11 is 0. The number of pyridine rings is 1. The number of hydrogen-bond acceptors (Lipinski definition) is 5. The van der Waals surface area contributed by atoms with Crippen molar-refractivity contribution in [2.45, 2.75) is 6.61 Å². The highest BCUT2D eigenvalue weighted by atomic mass is 16.5. The van der Waals surface area contributed by atoms with Crippen molar-refractivity contribution in [2.75, 3.05) is 0 Å². The molecule has 0 atom stereocenters. The summed E-state index contributed by atoms with van der Waals surface area (Å²) in [5.74, 6) is -0.00672. The van der Waals surface area contributed by atoms with Crippen molar-refractivity contribution in [3.05, 3.63) is 96.6 Å². The third-order valence-corrected chi connectivity index (χ3v) is 3.90. The van der Waals surface area contributed by atoms with Crippen molar-refractivity contribution < 1.29 is 9.53 Å². The van der Waals surface area contributed by atoms with E-state index in [-0.39, 0.29) is 12.4 Å². The SMILES string of the molecule is O=C(OCc1ccccn1)c1nc(-c2ccccc2)n(-c2ccccc2)n1. The topological polar surface area (TPSA) is 69.9 Å². The maximum Gasteiger partial charge on any atom is 0.378 e. The van der Waals surface area contributed by atoms with Crippen LogP contribution in [0.4, 0.5) is 0 Å². The van der Waals surface area contributed by atoms with Crippen LogP contribution in [-0.2, 0) is 11.3 Å². The summed E-state index contributed by atoms with van der Waals surface area (Å²) in [5, 5.41) is 4.38. The van der Waals surface area contributed by atoms with E-state index < -0.39 is 5.97 Å². The van der Waals surface area contributed by atoms with Gasteiger partial charge in [0.25, 0.3) is 5.82 Å². The van der Waals surface area contributed by atoms with Crippen LogP contribution in [0.3, 0.4) is 0 Å². The average molecular weight is 356 g/mol. The van der Waals surface area contributed by atoms with Gasteiger partial charge < -0.3 is 4.74 Å². The molecule has 0 amide bonds. The third-order valence-electron chi connectivity index (χ3n) is 3.90. The molecular formula is C21H16N4O2. The molecule has 0 N–H and O–H groups in total. The maximum absolute atomic E-state index is 12.5. The van der Waals surface area contributed by atoms with Crippen LogP contribution in [0.15, 0.2) is 85.1 Å². The number of para-hydroxylation sites is 1. The van der Waals surface area contributed by atoms with Crippen molar-refractivity contribution >= 4 is 5.97 Å². The van der Waals surface area contributed by atoms with Crippen molar-refractivity contribution in [2.24, 2.45) is 0 Å². The van der Waals surface area contributed by atoms with Crippen LogP contribution in [0, 0.1) is 0 Å². The molecular weight excluding hydrogens is 340 g/mol. The molecule has 132 valence electrons. The monoisotopic (exact) mass is 356 g/mol. The molecule has 4 aromatic rings. The summed E-state index contributed by atoms with van der Waals surface area (Å²) in [6.07, 6.45) is 1.65. The van der Waals surface area contributed by atoms with Crippen LogP contribution in [0.2, 0.25) is 0 Å². The number of aromatic nitrogens is 4. The van der Waals surface area contributed by atoms with Crippen LogP contribution >= 0.6 is 0 Å². The zero-order valence-electron chi connectivity index (χ0n) is 14.4. The standard InChI is InChI=1S/C21H16N4O2/c26-21(27-15-17-11-7-8-14-22-17)19-23-20(16-9-3-1-4-10-16)25(24-19)18-12-5-2-6-13-18/h1-14H,15H2. The van der Waals surface area contributed by atoms with Gasteiger partial charge >= 0.3 is 5.97 Å². The summed E-state index contributed by atoms with van der Waals surface area (Å²) in [4.78, 5) is 21.0. The zero-order chi connectivity index (χ0) is 18.5. The second-order valence-electron chi connectivity index (χ2n) is 5.77. The smallest absolute Gasteiger partial charge is 0.378 e. The molecule has 0 aliphatic heterocycles. The first kappa shape index (κ1) is 16.7. The van der Waals surface area contributed by atoms with Gasteiger partial charge in [0.15, 0.2) is 5.82 Å². The van der Waals surface area contributed by atoms with Crippen molar-refractivity contribution in [3.63, 3.8) is 0 Å². The molecule has 0 radical (unpaired) electrons. The summed E-state index contributed by atoms with van der Waals surface area (Å²) in [6.45, 7) is 0.0697. The van der Waals surface area contributed by atoms with Crippen LogP contribution in [0.1, 0.15) is 16.3 Å². The van der Waals surface area contributed by atoms with Gasteiger partial charge in [-0.25, -0.2) is 14.5 Å². The number of carbonyl (C=O) groups is 1. The van der Waals surface area contributed by atoms with Crippen molar-refractivity contribution in [3.8, 4) is 17.1 Å². The van der Waals surface area contributed by atoms with Gasteiger partial charge in [0.05, 0.1) is 11.4 Å². The molecule has 2 aromatic heterocycles. The lowest BCUT2D eigenvalue weighted by Gasteiger charge is -2.05. The van der Waals surface area contributed by atoms with E-state index >= 15 is 0 Å². The number of esters is 1. The number of ether oxygens (including phenoxy) is 1. The molecule has 0 unspecified atom stereocenters. The van der Waals surface area contributed by atoms with Gasteiger partial charge in [0.1, 0.15) is 6.61 Å². The first-order chi connectivity index (χ1) is 13.3. The van der Waals surface area contributed by atoms with Gasteiger partial charge in [-0.15, -0.1) is 5.10 Å². The minimum atomic E-state index is -0.590. The van der Waals surface area contributed by atoms with Crippen LogP contribution < -0.4 is 0 Å². The fraction of sp³-hybridized carbons (Fsp3) is 0.0476. The molecule has 4 rings (SSSR count). The quantitative estimate of drug-likeness (QED) is 0.510. The Kier molecular flexibility index (Phi) is 4.70. The lowest BCUT2D eigenvalue weighted by molar-refractivity contribution is 0.0453. The summed E-state index contributed by atoms with van der Waals surface area (Å²) in [7, 11) is 0. The van der Waals surface area contributed by atoms with Gasteiger partial charge in [-0.1, -0.05) is 54.6 Å². The number of rotatable bonds is 5. The lowest BCUT2D eigenvalue weighted by atomic mass is 10.2. The Balaban J connectivity index is 1.66. The third kappa shape index (κ3) is 3.74. The Labute approximate surface area is 156 Å². The van der Waals surface area contributed by atoms with Crippen molar-refractivity contribution in [1.29, 1.82) is 0 Å². The molecule has 2 heterocycles. The second kappa shape index (κ2) is 7.61. The number of carbonyl (C=O) groups excluding carboxylic acids is 1. The van der Waals surface area contributed by atoms with E-state index in [0.29, 0.717) is 11.5 Å². The van der Waals surface area contributed by atoms with Crippen molar-refractivity contribution in [1.82, 2.24) is 19.7 Å². The molecule has 6 heteroatoms. The summed E-state index contributed by atoms with van der Waals surface area (Å²) in [5.41, 5.74) is 2.34. The van der Waals surface area contributed by atoms with E-state index in [1.165, 1.54) is 0 Å². The Morgan fingerprint density at radius 3 is 2.30 bits per heavy atom. The molecule has 27 heavy (non-hydrogen) atoms. The number of nitrogens with zero attached hydrogens (tertiary/aromatic N) is 4.